The summed E-state index contributed by atoms with van der Waals surface area (Å²) in [5, 5.41) is 15.5. The predicted octanol–water partition coefficient (Wildman–Crippen LogP) is 3.66. The van der Waals surface area contributed by atoms with Crippen LogP contribution in [0.2, 0.25) is 0 Å². The summed E-state index contributed by atoms with van der Waals surface area (Å²) in [5.74, 6) is 1.63. The summed E-state index contributed by atoms with van der Waals surface area (Å²) in [6.45, 7) is 2.13. The second kappa shape index (κ2) is 7.40. The molecule has 0 fully saturated rings. The number of anilines is 1. The molecular weight excluding hydrogens is 378 g/mol. The van der Waals surface area contributed by atoms with Gasteiger partial charge in [0.15, 0.2) is 5.78 Å². The van der Waals surface area contributed by atoms with Gasteiger partial charge in [0, 0.05) is 17.7 Å². The molecule has 1 aromatic heterocycles. The Balaban J connectivity index is 1.54. The lowest BCUT2D eigenvalue weighted by Crippen LogP contribution is -2.33. The van der Waals surface area contributed by atoms with Crippen LogP contribution in [0, 0.1) is 0 Å². The van der Waals surface area contributed by atoms with Gasteiger partial charge in [-0.05, 0) is 58.0 Å². The van der Waals surface area contributed by atoms with E-state index >= 15 is 0 Å². The maximum Gasteiger partial charge on any atom is 0.248 e. The lowest BCUT2D eigenvalue weighted by atomic mass is 9.78. The summed E-state index contributed by atoms with van der Waals surface area (Å²) in [4.78, 5) is 13.4. The van der Waals surface area contributed by atoms with Crippen molar-refractivity contribution < 1.29 is 9.53 Å². The number of fused-ring (bicyclic) bond motifs is 1. The number of aryl methyl sites for hydroxylation is 1. The van der Waals surface area contributed by atoms with E-state index in [1.807, 2.05) is 24.3 Å². The third-order valence-corrected chi connectivity index (χ3v) is 6.07. The SMILES string of the molecule is CCc1ccc([C@H]2C3=C(C[C@H](c4ccc(OC)cc4)CC3=O)Nc3nnnn32)cc1. The average molecular weight is 401 g/mol. The van der Waals surface area contributed by atoms with E-state index in [9.17, 15) is 4.79 Å². The molecule has 7 nitrogen and oxygen atoms in total. The van der Waals surface area contributed by atoms with Crippen LogP contribution in [0.4, 0.5) is 5.95 Å². The summed E-state index contributed by atoms with van der Waals surface area (Å²) < 4.78 is 6.97. The number of carbonyl (C=O) groups excluding carboxylic acids is 1. The van der Waals surface area contributed by atoms with Crippen LogP contribution in [0.25, 0.3) is 0 Å². The lowest BCUT2D eigenvalue weighted by molar-refractivity contribution is -0.116. The number of ether oxygens (including phenoxy) is 1. The monoisotopic (exact) mass is 401 g/mol. The van der Waals surface area contributed by atoms with E-state index in [4.69, 9.17) is 4.74 Å². The second-order valence-electron chi connectivity index (χ2n) is 7.76. The largest absolute Gasteiger partial charge is 0.497 e. The van der Waals surface area contributed by atoms with Gasteiger partial charge in [-0.25, -0.2) is 0 Å². The van der Waals surface area contributed by atoms with Crippen LogP contribution in [0.5, 0.6) is 5.75 Å². The minimum atomic E-state index is -0.304. The summed E-state index contributed by atoms with van der Waals surface area (Å²) in [7, 11) is 1.65. The minimum Gasteiger partial charge on any atom is -0.497 e. The molecule has 0 saturated heterocycles. The first-order valence-electron chi connectivity index (χ1n) is 10.2. The molecule has 2 aliphatic rings. The topological polar surface area (TPSA) is 81.9 Å². The molecule has 30 heavy (non-hydrogen) atoms. The molecule has 1 aliphatic carbocycles. The van der Waals surface area contributed by atoms with Gasteiger partial charge in [-0.1, -0.05) is 48.4 Å². The molecule has 0 radical (unpaired) electrons. The highest BCUT2D eigenvalue weighted by molar-refractivity contribution is 6.00. The Kier molecular flexibility index (Phi) is 4.58. The van der Waals surface area contributed by atoms with Crippen molar-refractivity contribution in [3.63, 3.8) is 0 Å². The van der Waals surface area contributed by atoms with Crippen LogP contribution in [-0.2, 0) is 11.2 Å². The second-order valence-corrected chi connectivity index (χ2v) is 7.76. The maximum atomic E-state index is 13.4. The fourth-order valence-corrected chi connectivity index (χ4v) is 4.43. The number of allylic oxidation sites excluding steroid dienone is 2. The molecule has 0 bridgehead atoms. The first kappa shape index (κ1) is 18.5. The molecule has 3 aromatic rings. The van der Waals surface area contributed by atoms with Crippen LogP contribution < -0.4 is 10.1 Å². The van der Waals surface area contributed by atoms with Crippen molar-refractivity contribution in [3.05, 3.63) is 76.5 Å². The van der Waals surface area contributed by atoms with Crippen molar-refractivity contribution >= 4 is 11.7 Å². The van der Waals surface area contributed by atoms with Crippen LogP contribution in [0.1, 0.15) is 48.4 Å². The number of nitrogens with one attached hydrogen (secondary N) is 1. The van der Waals surface area contributed by atoms with Gasteiger partial charge < -0.3 is 10.1 Å². The molecule has 2 aromatic carbocycles. The van der Waals surface area contributed by atoms with Crippen LogP contribution >= 0.6 is 0 Å². The first-order chi connectivity index (χ1) is 14.7. The summed E-state index contributed by atoms with van der Waals surface area (Å²) in [6, 6.07) is 16.0. The Labute approximate surface area is 174 Å². The van der Waals surface area contributed by atoms with E-state index in [0.717, 1.165) is 41.0 Å². The number of Topliss-reactive ketones (excluding diaryl/α,β-unsaturated/α-hetero) is 1. The third-order valence-electron chi connectivity index (χ3n) is 6.07. The predicted molar refractivity (Wildman–Crippen MR) is 112 cm³/mol. The number of benzene rings is 2. The number of carbonyl (C=O) groups is 1. The lowest BCUT2D eigenvalue weighted by Gasteiger charge is -2.34. The van der Waals surface area contributed by atoms with E-state index in [1.165, 1.54) is 5.56 Å². The highest BCUT2D eigenvalue weighted by Gasteiger charge is 2.39. The molecule has 2 atom stereocenters. The average Bonchev–Trinajstić information content (AvgIpc) is 3.26. The van der Waals surface area contributed by atoms with Gasteiger partial charge in [0.25, 0.3) is 0 Å². The molecule has 0 saturated carbocycles. The van der Waals surface area contributed by atoms with Gasteiger partial charge in [0.2, 0.25) is 5.95 Å². The number of ketones is 1. The number of tetrazole rings is 1. The van der Waals surface area contributed by atoms with Crippen molar-refractivity contribution in [2.24, 2.45) is 0 Å². The van der Waals surface area contributed by atoms with E-state index < -0.39 is 0 Å². The number of aromatic nitrogens is 4. The molecule has 5 rings (SSSR count). The van der Waals surface area contributed by atoms with Gasteiger partial charge in [-0.15, -0.1) is 0 Å². The molecule has 1 aliphatic heterocycles. The quantitative estimate of drug-likeness (QED) is 0.719. The van der Waals surface area contributed by atoms with Gasteiger partial charge in [0.05, 0.1) is 7.11 Å². The minimum absolute atomic E-state index is 0.111. The van der Waals surface area contributed by atoms with Gasteiger partial charge >= 0.3 is 0 Å². The zero-order valence-corrected chi connectivity index (χ0v) is 17.0. The van der Waals surface area contributed by atoms with Crippen molar-refractivity contribution in [1.82, 2.24) is 20.2 Å². The van der Waals surface area contributed by atoms with Crippen LogP contribution in [-0.4, -0.2) is 33.1 Å². The zero-order chi connectivity index (χ0) is 20.7. The van der Waals surface area contributed by atoms with Gasteiger partial charge in [-0.2, -0.15) is 4.68 Å². The Morgan fingerprint density at radius 1 is 1.07 bits per heavy atom. The number of hydrogen-bond acceptors (Lipinski definition) is 6. The van der Waals surface area contributed by atoms with Crippen molar-refractivity contribution in [2.45, 2.75) is 38.1 Å². The van der Waals surface area contributed by atoms with E-state index in [2.05, 4.69) is 52.0 Å². The molecule has 0 amide bonds. The third kappa shape index (κ3) is 3.07. The molecule has 0 spiro atoms. The summed E-state index contributed by atoms with van der Waals surface area (Å²) in [5.41, 5.74) is 5.09. The smallest absolute Gasteiger partial charge is 0.248 e. The van der Waals surface area contributed by atoms with Crippen LogP contribution in [0.3, 0.4) is 0 Å². The van der Waals surface area contributed by atoms with Crippen molar-refractivity contribution in [3.8, 4) is 5.75 Å². The van der Waals surface area contributed by atoms with E-state index in [-0.39, 0.29) is 17.7 Å². The van der Waals surface area contributed by atoms with Crippen molar-refractivity contribution in [2.75, 3.05) is 12.4 Å². The number of nitrogens with zero attached hydrogens (tertiary/aromatic N) is 4. The Bertz CT molecular complexity index is 1120. The van der Waals surface area contributed by atoms with E-state index in [0.29, 0.717) is 12.4 Å². The number of hydrogen-bond donors (Lipinski definition) is 1. The fourth-order valence-electron chi connectivity index (χ4n) is 4.43. The molecule has 2 heterocycles. The molecular formula is C23H23N5O2. The molecule has 7 heteroatoms. The normalized spacial score (nSPS) is 20.4. The van der Waals surface area contributed by atoms with Crippen molar-refractivity contribution in [1.29, 1.82) is 0 Å². The zero-order valence-electron chi connectivity index (χ0n) is 17.0. The standard InChI is InChI=1S/C23H23N5O2/c1-3-14-4-6-16(7-5-14)22-21-19(24-23-25-26-27-28(22)23)12-17(13-20(21)29)15-8-10-18(30-2)11-9-15/h4-11,17,22H,3,12-13H2,1-2H3,(H,24,25,27)/t17-,22-/m0/s1. The Morgan fingerprint density at radius 2 is 1.80 bits per heavy atom. The number of rotatable bonds is 4. The maximum absolute atomic E-state index is 13.4. The number of methoxy groups -OCH3 is 1. The van der Waals surface area contributed by atoms with Gasteiger partial charge in [0.1, 0.15) is 11.8 Å². The van der Waals surface area contributed by atoms with Gasteiger partial charge in [-0.3, -0.25) is 4.79 Å². The van der Waals surface area contributed by atoms with Crippen LogP contribution in [0.15, 0.2) is 59.8 Å². The summed E-state index contributed by atoms with van der Waals surface area (Å²) in [6.07, 6.45) is 2.18. The first-order valence-corrected chi connectivity index (χ1v) is 10.2. The summed E-state index contributed by atoms with van der Waals surface area (Å²) >= 11 is 0. The molecule has 1 N–H and O–H groups in total. The highest BCUT2D eigenvalue weighted by atomic mass is 16.5. The Hall–Kier alpha value is -3.48. The fraction of sp³-hybridized carbons (Fsp3) is 0.304. The molecule has 0 unspecified atom stereocenters. The highest BCUT2D eigenvalue weighted by Crippen LogP contribution is 2.43. The molecule has 152 valence electrons. The Morgan fingerprint density at radius 3 is 2.50 bits per heavy atom. The van der Waals surface area contributed by atoms with E-state index in [1.54, 1.807) is 11.8 Å².